The summed E-state index contributed by atoms with van der Waals surface area (Å²) in [5.41, 5.74) is 10.7. The van der Waals surface area contributed by atoms with Gasteiger partial charge in [-0.15, -0.1) is 10.2 Å². The molecule has 1 amide bonds. The minimum Gasteiger partial charge on any atom is -0.497 e. The number of nitrogens with two attached hydrogens (primary N) is 1. The zero-order valence-corrected chi connectivity index (χ0v) is 24.7. The number of ether oxygens (including phenoxy) is 1. The summed E-state index contributed by atoms with van der Waals surface area (Å²) in [6.07, 6.45) is 6.05. The van der Waals surface area contributed by atoms with E-state index in [-0.39, 0.29) is 5.91 Å². The third-order valence-corrected chi connectivity index (χ3v) is 7.92. The van der Waals surface area contributed by atoms with Crippen molar-refractivity contribution in [2.75, 3.05) is 7.11 Å². The van der Waals surface area contributed by atoms with Crippen LogP contribution in [0.15, 0.2) is 85.2 Å². The average Bonchev–Trinajstić information content (AvgIpc) is 3.72. The molecule has 9 heteroatoms. The van der Waals surface area contributed by atoms with Gasteiger partial charge in [-0.3, -0.25) is 4.79 Å². The fourth-order valence-corrected chi connectivity index (χ4v) is 5.57. The fraction of sp³-hybridized carbons (Fsp3) is 0.265. The highest BCUT2D eigenvalue weighted by Gasteiger charge is 2.29. The third kappa shape index (κ3) is 6.03. The second-order valence-electron chi connectivity index (χ2n) is 11.6. The molecule has 1 atom stereocenters. The second-order valence-corrected chi connectivity index (χ2v) is 11.6. The Kier molecular flexibility index (Phi) is 7.73. The Balaban J connectivity index is 1.39. The van der Waals surface area contributed by atoms with Crippen LogP contribution in [0.25, 0.3) is 21.8 Å². The number of aromatic amines is 2. The number of para-hydroxylation sites is 2. The Morgan fingerprint density at radius 3 is 2.30 bits per heavy atom. The minimum absolute atomic E-state index is 0.256. The topological polar surface area (TPSA) is 127 Å². The maximum absolute atomic E-state index is 13.3. The highest BCUT2D eigenvalue weighted by Crippen LogP contribution is 2.27. The zero-order chi connectivity index (χ0) is 30.0. The number of rotatable bonds is 11. The van der Waals surface area contributed by atoms with Crippen LogP contribution < -0.4 is 15.8 Å². The van der Waals surface area contributed by atoms with Crippen molar-refractivity contribution in [1.82, 2.24) is 30.0 Å². The molecular formula is C34H37N7O2. The summed E-state index contributed by atoms with van der Waals surface area (Å²) in [4.78, 5) is 20.0. The second kappa shape index (κ2) is 11.8. The lowest BCUT2D eigenvalue weighted by Gasteiger charge is -2.25. The summed E-state index contributed by atoms with van der Waals surface area (Å²) in [5.74, 6) is 2.04. The number of amides is 1. The highest BCUT2D eigenvalue weighted by molar-refractivity contribution is 5.86. The SMILES string of the molecule is COc1cccc(Cn2c(CCc3c[nH]c4ccccc34)nnc2C(Cc2c[nH]c3ccccc23)NC(=O)C(C)(C)N)c1. The van der Waals surface area contributed by atoms with Crippen LogP contribution in [0, 0.1) is 0 Å². The molecule has 220 valence electrons. The van der Waals surface area contributed by atoms with Gasteiger partial charge in [-0.2, -0.15) is 0 Å². The van der Waals surface area contributed by atoms with Crippen LogP contribution in [0.4, 0.5) is 0 Å². The van der Waals surface area contributed by atoms with E-state index in [1.54, 1.807) is 21.0 Å². The summed E-state index contributed by atoms with van der Waals surface area (Å²) in [5, 5.41) is 14.9. The molecule has 5 N–H and O–H groups in total. The molecule has 6 rings (SSSR count). The van der Waals surface area contributed by atoms with Gasteiger partial charge in [0.1, 0.15) is 11.6 Å². The number of nitrogens with one attached hydrogen (secondary N) is 3. The van der Waals surface area contributed by atoms with E-state index in [0.29, 0.717) is 25.2 Å². The molecule has 9 nitrogen and oxygen atoms in total. The number of hydrogen-bond donors (Lipinski definition) is 4. The van der Waals surface area contributed by atoms with Crippen molar-refractivity contribution in [2.45, 2.75) is 51.2 Å². The van der Waals surface area contributed by atoms with Crippen LogP contribution in [0.3, 0.4) is 0 Å². The number of aromatic nitrogens is 5. The summed E-state index contributed by atoms with van der Waals surface area (Å²) in [6, 6.07) is 24.0. The molecule has 0 saturated heterocycles. The van der Waals surface area contributed by atoms with Gasteiger partial charge in [0.25, 0.3) is 0 Å². The van der Waals surface area contributed by atoms with Crippen LogP contribution in [-0.2, 0) is 30.6 Å². The zero-order valence-electron chi connectivity index (χ0n) is 24.7. The molecule has 0 aliphatic heterocycles. The largest absolute Gasteiger partial charge is 0.497 e. The molecule has 3 aromatic heterocycles. The lowest BCUT2D eigenvalue weighted by molar-refractivity contribution is -0.126. The highest BCUT2D eigenvalue weighted by atomic mass is 16.5. The van der Waals surface area contributed by atoms with Gasteiger partial charge in [0, 0.05) is 47.0 Å². The van der Waals surface area contributed by atoms with E-state index >= 15 is 0 Å². The molecule has 3 aromatic carbocycles. The molecule has 0 spiro atoms. The van der Waals surface area contributed by atoms with E-state index in [9.17, 15) is 4.79 Å². The van der Waals surface area contributed by atoms with Gasteiger partial charge in [-0.05, 0) is 61.2 Å². The van der Waals surface area contributed by atoms with Crippen LogP contribution in [0.1, 0.15) is 48.2 Å². The first-order valence-corrected chi connectivity index (χ1v) is 14.5. The molecule has 0 aliphatic carbocycles. The van der Waals surface area contributed by atoms with Crippen molar-refractivity contribution in [3.8, 4) is 5.75 Å². The van der Waals surface area contributed by atoms with Crippen LogP contribution >= 0.6 is 0 Å². The first kappa shape index (κ1) is 28.2. The number of aryl methyl sites for hydroxylation is 2. The number of carbonyl (C=O) groups excluding carboxylic acids is 1. The molecule has 0 saturated carbocycles. The number of hydrogen-bond acceptors (Lipinski definition) is 5. The number of carbonyl (C=O) groups is 1. The molecule has 43 heavy (non-hydrogen) atoms. The van der Waals surface area contributed by atoms with Crippen LogP contribution in [0.2, 0.25) is 0 Å². The van der Waals surface area contributed by atoms with Gasteiger partial charge >= 0.3 is 0 Å². The van der Waals surface area contributed by atoms with Crippen molar-refractivity contribution in [2.24, 2.45) is 5.73 Å². The van der Waals surface area contributed by atoms with Crippen molar-refractivity contribution in [3.63, 3.8) is 0 Å². The Hall–Kier alpha value is -4.89. The average molecular weight is 576 g/mol. The predicted octanol–water partition coefficient (Wildman–Crippen LogP) is 5.22. The first-order valence-electron chi connectivity index (χ1n) is 14.5. The number of methoxy groups -OCH3 is 1. The van der Waals surface area contributed by atoms with Gasteiger partial charge in [0.15, 0.2) is 5.82 Å². The molecule has 3 heterocycles. The Morgan fingerprint density at radius 1 is 0.930 bits per heavy atom. The van der Waals surface area contributed by atoms with Gasteiger partial charge < -0.3 is 30.3 Å². The smallest absolute Gasteiger partial charge is 0.240 e. The fourth-order valence-electron chi connectivity index (χ4n) is 5.57. The van der Waals surface area contributed by atoms with E-state index < -0.39 is 11.6 Å². The quantitative estimate of drug-likeness (QED) is 0.169. The number of benzene rings is 3. The number of nitrogens with zero attached hydrogens (tertiary/aromatic N) is 3. The van der Waals surface area contributed by atoms with Crippen molar-refractivity contribution >= 4 is 27.7 Å². The van der Waals surface area contributed by atoms with E-state index in [4.69, 9.17) is 20.7 Å². The van der Waals surface area contributed by atoms with E-state index in [1.807, 2.05) is 48.7 Å². The normalized spacial score (nSPS) is 12.6. The minimum atomic E-state index is -1.06. The Labute approximate surface area is 250 Å². The summed E-state index contributed by atoms with van der Waals surface area (Å²) in [6.45, 7) is 3.94. The third-order valence-electron chi connectivity index (χ3n) is 7.92. The van der Waals surface area contributed by atoms with Crippen LogP contribution in [-0.4, -0.2) is 43.3 Å². The Bertz CT molecular complexity index is 1870. The van der Waals surface area contributed by atoms with Crippen LogP contribution in [0.5, 0.6) is 5.75 Å². The van der Waals surface area contributed by atoms with Gasteiger partial charge in [0.05, 0.1) is 25.2 Å². The maximum atomic E-state index is 13.3. The molecular weight excluding hydrogens is 538 g/mol. The van der Waals surface area contributed by atoms with Crippen molar-refractivity contribution in [1.29, 1.82) is 0 Å². The molecule has 0 aliphatic rings. The molecule has 0 radical (unpaired) electrons. The lowest BCUT2D eigenvalue weighted by Crippen LogP contribution is -2.50. The lowest BCUT2D eigenvalue weighted by atomic mass is 10.0. The van der Waals surface area contributed by atoms with Crippen molar-refractivity contribution in [3.05, 3.63) is 114 Å². The monoisotopic (exact) mass is 575 g/mol. The van der Waals surface area contributed by atoms with E-state index in [1.165, 1.54) is 10.9 Å². The summed E-state index contributed by atoms with van der Waals surface area (Å²) in [7, 11) is 1.66. The maximum Gasteiger partial charge on any atom is 0.240 e. The number of H-pyrrole nitrogens is 2. The van der Waals surface area contributed by atoms with Gasteiger partial charge in [0.2, 0.25) is 5.91 Å². The van der Waals surface area contributed by atoms with Crippen molar-refractivity contribution < 1.29 is 9.53 Å². The molecule has 0 bridgehead atoms. The summed E-state index contributed by atoms with van der Waals surface area (Å²) < 4.78 is 7.63. The standard InChI is InChI=1S/C34H37N7O2/c1-34(2,35)33(42)38-30(18-24-20-37-29-14-7-5-12-27(24)29)32-40-39-31(41(32)21-22-9-8-10-25(17-22)43-3)16-15-23-19-36-28-13-6-4-11-26(23)28/h4-14,17,19-20,30,36-37H,15-16,18,21,35H2,1-3H3,(H,38,42). The molecule has 1 unspecified atom stereocenters. The molecule has 0 fully saturated rings. The summed E-state index contributed by atoms with van der Waals surface area (Å²) >= 11 is 0. The van der Waals surface area contributed by atoms with E-state index in [0.717, 1.165) is 45.5 Å². The van der Waals surface area contributed by atoms with Gasteiger partial charge in [-0.25, -0.2) is 0 Å². The Morgan fingerprint density at radius 2 is 1.60 bits per heavy atom. The first-order chi connectivity index (χ1) is 20.8. The molecule has 6 aromatic rings. The number of fused-ring (bicyclic) bond motifs is 2. The van der Waals surface area contributed by atoms with Gasteiger partial charge in [-0.1, -0.05) is 48.5 Å². The predicted molar refractivity (Wildman–Crippen MR) is 169 cm³/mol. The van der Waals surface area contributed by atoms with E-state index in [2.05, 4.69) is 56.4 Å².